The number of ether oxygens (including phenoxy) is 3. The first kappa shape index (κ1) is 70.5. The Kier molecular flexibility index (Phi) is 58.4. The number of hydrogen-bond acceptors (Lipinski definition) is 6. The monoisotopic (exact) mass is 1040 g/mol. The molecule has 0 aromatic rings. The second kappa shape index (κ2) is 62.1. The van der Waals surface area contributed by atoms with Gasteiger partial charge in [-0.3, -0.25) is 14.4 Å². The van der Waals surface area contributed by atoms with Crippen LogP contribution in [-0.4, -0.2) is 37.2 Å². The summed E-state index contributed by atoms with van der Waals surface area (Å²) in [5.74, 6) is -0.960. The van der Waals surface area contributed by atoms with Gasteiger partial charge < -0.3 is 14.2 Å². The van der Waals surface area contributed by atoms with Crippen LogP contribution in [0.5, 0.6) is 0 Å². The average molecular weight is 1040 g/mol. The summed E-state index contributed by atoms with van der Waals surface area (Å²) in [4.78, 5) is 38.3. The third-order valence-corrected chi connectivity index (χ3v) is 12.6. The van der Waals surface area contributed by atoms with Crippen LogP contribution >= 0.6 is 0 Å². The zero-order valence-corrected chi connectivity index (χ0v) is 48.5. The molecule has 0 spiro atoms. The Morgan fingerprint density at radius 1 is 0.280 bits per heavy atom. The second-order valence-electron chi connectivity index (χ2n) is 19.8. The minimum Gasteiger partial charge on any atom is -0.462 e. The summed E-state index contributed by atoms with van der Waals surface area (Å²) in [5.41, 5.74) is 0. The van der Waals surface area contributed by atoms with E-state index in [2.05, 4.69) is 154 Å². The molecule has 75 heavy (non-hydrogen) atoms. The lowest BCUT2D eigenvalue weighted by molar-refractivity contribution is -0.167. The molecule has 0 amide bonds. The number of esters is 3. The van der Waals surface area contributed by atoms with E-state index in [1.165, 1.54) is 96.3 Å². The molecule has 0 rings (SSSR count). The topological polar surface area (TPSA) is 78.9 Å². The van der Waals surface area contributed by atoms with Gasteiger partial charge in [-0.25, -0.2) is 0 Å². The van der Waals surface area contributed by atoms with Gasteiger partial charge in [0.15, 0.2) is 6.10 Å². The molecule has 424 valence electrons. The maximum Gasteiger partial charge on any atom is 0.306 e. The molecule has 0 bridgehead atoms. The lowest BCUT2D eigenvalue weighted by atomic mass is 10.1. The molecule has 0 fully saturated rings. The molecule has 0 saturated heterocycles. The van der Waals surface area contributed by atoms with E-state index in [4.69, 9.17) is 14.2 Å². The highest BCUT2D eigenvalue weighted by atomic mass is 16.6. The third kappa shape index (κ3) is 60.3. The lowest BCUT2D eigenvalue weighted by Gasteiger charge is -2.18. The van der Waals surface area contributed by atoms with E-state index >= 15 is 0 Å². The van der Waals surface area contributed by atoms with Gasteiger partial charge >= 0.3 is 17.9 Å². The number of allylic oxidation sites excluding steroid dienone is 22. The van der Waals surface area contributed by atoms with Crippen molar-refractivity contribution in [1.82, 2.24) is 0 Å². The maximum absolute atomic E-state index is 12.9. The van der Waals surface area contributed by atoms with Crippen molar-refractivity contribution < 1.29 is 28.6 Å². The first-order valence-corrected chi connectivity index (χ1v) is 30.7. The molecular formula is C69H112O6. The molecule has 0 saturated carbocycles. The van der Waals surface area contributed by atoms with Gasteiger partial charge in [0.2, 0.25) is 0 Å². The first-order valence-electron chi connectivity index (χ1n) is 30.7. The van der Waals surface area contributed by atoms with Gasteiger partial charge in [-0.05, 0) is 135 Å². The van der Waals surface area contributed by atoms with Crippen LogP contribution in [-0.2, 0) is 28.6 Å². The Hall–Kier alpha value is -4.45. The molecule has 6 heteroatoms. The first-order chi connectivity index (χ1) is 37.0. The highest BCUT2D eigenvalue weighted by Crippen LogP contribution is 2.15. The van der Waals surface area contributed by atoms with Gasteiger partial charge in [0, 0.05) is 19.3 Å². The Balaban J connectivity index is 4.50. The Morgan fingerprint density at radius 3 is 0.840 bits per heavy atom. The number of hydrogen-bond donors (Lipinski definition) is 0. The summed E-state index contributed by atoms with van der Waals surface area (Å²) in [7, 11) is 0. The predicted octanol–water partition coefficient (Wildman–Crippen LogP) is 21.0. The highest BCUT2D eigenvalue weighted by molar-refractivity contribution is 5.71. The van der Waals surface area contributed by atoms with Crippen LogP contribution in [0, 0.1) is 0 Å². The minimum absolute atomic E-state index is 0.103. The number of rotatable bonds is 54. The van der Waals surface area contributed by atoms with Crippen molar-refractivity contribution in [2.24, 2.45) is 0 Å². The Morgan fingerprint density at radius 2 is 0.520 bits per heavy atom. The Labute approximate surface area is 462 Å². The lowest BCUT2D eigenvalue weighted by Crippen LogP contribution is -2.30. The molecule has 1 unspecified atom stereocenters. The summed E-state index contributed by atoms with van der Waals surface area (Å²) in [6.45, 7) is 6.35. The highest BCUT2D eigenvalue weighted by Gasteiger charge is 2.19. The molecule has 0 radical (unpaired) electrons. The van der Waals surface area contributed by atoms with Crippen molar-refractivity contribution in [3.63, 3.8) is 0 Å². The number of carbonyl (C=O) groups is 3. The second-order valence-corrected chi connectivity index (χ2v) is 19.8. The minimum atomic E-state index is -0.809. The average Bonchev–Trinajstić information content (AvgIpc) is 3.41. The van der Waals surface area contributed by atoms with Crippen LogP contribution in [0.3, 0.4) is 0 Å². The third-order valence-electron chi connectivity index (χ3n) is 12.6. The van der Waals surface area contributed by atoms with Crippen molar-refractivity contribution in [3.05, 3.63) is 134 Å². The van der Waals surface area contributed by atoms with Crippen LogP contribution in [0.4, 0.5) is 0 Å². The van der Waals surface area contributed by atoms with E-state index in [0.29, 0.717) is 25.7 Å². The van der Waals surface area contributed by atoms with Gasteiger partial charge in [0.25, 0.3) is 0 Å². The molecule has 1 atom stereocenters. The fraction of sp³-hybridized carbons (Fsp3) is 0.638. The van der Waals surface area contributed by atoms with E-state index in [1.54, 1.807) is 0 Å². The molecule has 0 aliphatic rings. The van der Waals surface area contributed by atoms with Crippen LogP contribution in [0.25, 0.3) is 0 Å². The quantitative estimate of drug-likeness (QED) is 0.0261. The van der Waals surface area contributed by atoms with Crippen molar-refractivity contribution in [1.29, 1.82) is 0 Å². The van der Waals surface area contributed by atoms with Crippen molar-refractivity contribution in [2.45, 2.75) is 271 Å². The maximum atomic E-state index is 12.9. The standard InChI is InChI=1S/C69H112O6/c1-4-7-10-13-16-19-22-25-28-31-33-34-36-38-41-44-47-50-53-56-59-62-68(71)74-65-66(64-73-67(70)61-58-55-52-49-46-43-40-37-30-27-24-21-18-15-12-9-6-3)75-69(72)63-60-57-54-51-48-45-42-39-35-32-29-26-23-20-17-14-11-8-5-2/h7,9-10,12,16-21,25-30,33-34,38,41,47,50,66H,4-6,8,11,13-15,22-24,31-32,35-37,39-40,42-46,48-49,51-65H2,1-3H3/b10-7-,12-9-,19-16-,20-17-,21-18-,28-25-,29-26-,30-27-,34-33-,41-38-,50-47-. The van der Waals surface area contributed by atoms with Crippen LogP contribution < -0.4 is 0 Å². The normalized spacial score (nSPS) is 13.1. The summed E-state index contributed by atoms with van der Waals surface area (Å²) in [5, 5.41) is 0. The molecular weight excluding hydrogens is 925 g/mol. The molecule has 0 heterocycles. The fourth-order valence-electron chi connectivity index (χ4n) is 8.08. The van der Waals surface area contributed by atoms with Crippen LogP contribution in [0.2, 0.25) is 0 Å². The summed E-state index contributed by atoms with van der Waals surface area (Å²) in [6, 6.07) is 0. The van der Waals surface area contributed by atoms with Gasteiger partial charge in [-0.15, -0.1) is 0 Å². The molecule has 0 aromatic heterocycles. The van der Waals surface area contributed by atoms with E-state index in [1.807, 2.05) is 0 Å². The van der Waals surface area contributed by atoms with Crippen LogP contribution in [0.1, 0.15) is 265 Å². The fourth-order valence-corrected chi connectivity index (χ4v) is 8.08. The molecule has 0 aliphatic carbocycles. The Bertz CT molecular complexity index is 1620. The molecule has 0 aromatic carbocycles. The van der Waals surface area contributed by atoms with Gasteiger partial charge in [-0.2, -0.15) is 0 Å². The zero-order valence-electron chi connectivity index (χ0n) is 48.5. The van der Waals surface area contributed by atoms with E-state index in [0.717, 1.165) is 122 Å². The van der Waals surface area contributed by atoms with E-state index in [-0.39, 0.29) is 31.1 Å². The molecule has 0 aliphatic heterocycles. The summed E-state index contributed by atoms with van der Waals surface area (Å²) < 4.78 is 16.9. The van der Waals surface area contributed by atoms with Gasteiger partial charge in [0.1, 0.15) is 13.2 Å². The summed E-state index contributed by atoms with van der Waals surface area (Å²) >= 11 is 0. The molecule has 0 N–H and O–H groups in total. The number of unbranched alkanes of at least 4 members (excludes halogenated alkanes) is 21. The van der Waals surface area contributed by atoms with Crippen LogP contribution in [0.15, 0.2) is 134 Å². The van der Waals surface area contributed by atoms with Crippen molar-refractivity contribution in [3.8, 4) is 0 Å². The molecule has 6 nitrogen and oxygen atoms in total. The predicted molar refractivity (Wildman–Crippen MR) is 325 cm³/mol. The van der Waals surface area contributed by atoms with Gasteiger partial charge in [0.05, 0.1) is 0 Å². The van der Waals surface area contributed by atoms with E-state index in [9.17, 15) is 14.4 Å². The number of carbonyl (C=O) groups excluding carboxylic acids is 3. The zero-order chi connectivity index (χ0) is 54.3. The van der Waals surface area contributed by atoms with Gasteiger partial charge in [-0.1, -0.05) is 244 Å². The summed E-state index contributed by atoms with van der Waals surface area (Å²) in [6.07, 6.45) is 87.3. The van der Waals surface area contributed by atoms with Crippen molar-refractivity contribution in [2.75, 3.05) is 13.2 Å². The van der Waals surface area contributed by atoms with E-state index < -0.39 is 6.10 Å². The smallest absolute Gasteiger partial charge is 0.306 e. The SMILES string of the molecule is CC/C=C\C/C=C\C/C=C\C/C=C\C/C=C\C/C=C\CCCCC(=O)OCC(COC(=O)CCCCCCCCC/C=C\C/C=C\C/C=C\CC)OC(=O)CCCCCCCCCCC/C=C\C/C=C\CCCCC. The largest absolute Gasteiger partial charge is 0.462 e. The van der Waals surface area contributed by atoms with Crippen molar-refractivity contribution >= 4 is 17.9 Å².